The van der Waals surface area contributed by atoms with E-state index in [4.69, 9.17) is 5.73 Å². The third-order valence-corrected chi connectivity index (χ3v) is 5.04. The molecule has 3 rings (SSSR count). The topological polar surface area (TPSA) is 46.3 Å². The Morgan fingerprint density at radius 2 is 2.14 bits per heavy atom. The molecule has 1 aromatic rings. The number of benzene rings is 1. The zero-order valence-electron chi connectivity index (χ0n) is 12.5. The van der Waals surface area contributed by atoms with Crippen molar-refractivity contribution < 1.29 is 9.18 Å². The number of piperidine rings is 1. The molecule has 2 aliphatic rings. The van der Waals surface area contributed by atoms with Gasteiger partial charge in [-0.1, -0.05) is 18.2 Å². The number of likely N-dealkylation sites (tertiary alicyclic amines) is 1. The molecular weight excluding hydrogens is 267 g/mol. The molecule has 0 spiro atoms. The summed E-state index contributed by atoms with van der Waals surface area (Å²) in [6.45, 7) is 3.49. The minimum Gasteiger partial charge on any atom is -0.342 e. The van der Waals surface area contributed by atoms with Crippen LogP contribution in [0.15, 0.2) is 24.3 Å². The summed E-state index contributed by atoms with van der Waals surface area (Å²) >= 11 is 0. The molecule has 0 bridgehead atoms. The number of carbonyl (C=O) groups is 1. The number of hydrogen-bond donors (Lipinski definition) is 1. The van der Waals surface area contributed by atoms with Crippen molar-refractivity contribution in [1.29, 1.82) is 0 Å². The summed E-state index contributed by atoms with van der Waals surface area (Å²) < 4.78 is 14.1. The number of halogens is 1. The summed E-state index contributed by atoms with van der Waals surface area (Å²) in [6, 6.07) is 6.79. The fraction of sp³-hybridized carbons (Fsp3) is 0.588. The monoisotopic (exact) mass is 290 g/mol. The van der Waals surface area contributed by atoms with Gasteiger partial charge in [0.25, 0.3) is 0 Å². The Bertz CT molecular complexity index is 539. The molecule has 0 radical (unpaired) electrons. The van der Waals surface area contributed by atoms with Gasteiger partial charge in [-0.25, -0.2) is 4.39 Å². The molecule has 0 unspecified atom stereocenters. The summed E-state index contributed by atoms with van der Waals surface area (Å²) in [5, 5.41) is 0. The van der Waals surface area contributed by atoms with Crippen molar-refractivity contribution in [3.05, 3.63) is 35.6 Å². The molecule has 1 amide bonds. The number of amides is 1. The highest BCUT2D eigenvalue weighted by Crippen LogP contribution is 2.50. The SMILES string of the molecule is C[C@@H](N)[C@H]1CCCN(C(=O)C2(c3ccccc3F)CC2)C1. The average molecular weight is 290 g/mol. The Hall–Kier alpha value is -1.42. The highest BCUT2D eigenvalue weighted by atomic mass is 19.1. The predicted molar refractivity (Wildman–Crippen MR) is 80.3 cm³/mol. The Kier molecular flexibility index (Phi) is 3.74. The second kappa shape index (κ2) is 5.41. The van der Waals surface area contributed by atoms with Gasteiger partial charge in [0, 0.05) is 24.7 Å². The first-order chi connectivity index (χ1) is 10.0. The smallest absolute Gasteiger partial charge is 0.233 e. The van der Waals surface area contributed by atoms with E-state index in [9.17, 15) is 9.18 Å². The standard InChI is InChI=1S/C17H23FN2O/c1-12(19)13-5-4-10-20(11-13)16(21)17(8-9-17)14-6-2-3-7-15(14)18/h2-3,6-7,12-13H,4-5,8-11,19H2,1H3/t12-,13+/m1/s1. The van der Waals surface area contributed by atoms with Gasteiger partial charge in [-0.15, -0.1) is 0 Å². The average Bonchev–Trinajstić information content (AvgIpc) is 3.28. The Labute approximate surface area is 125 Å². The molecule has 2 fully saturated rings. The summed E-state index contributed by atoms with van der Waals surface area (Å²) in [5.74, 6) is 0.196. The quantitative estimate of drug-likeness (QED) is 0.929. The van der Waals surface area contributed by atoms with Crippen molar-refractivity contribution in [1.82, 2.24) is 4.90 Å². The second-order valence-electron chi connectivity index (χ2n) is 6.57. The minimum atomic E-state index is -0.606. The summed E-state index contributed by atoms with van der Waals surface area (Å²) in [5.41, 5.74) is 5.95. The van der Waals surface area contributed by atoms with E-state index in [2.05, 4.69) is 0 Å². The molecule has 1 heterocycles. The second-order valence-corrected chi connectivity index (χ2v) is 6.57. The maximum Gasteiger partial charge on any atom is 0.233 e. The third-order valence-electron chi connectivity index (χ3n) is 5.04. The van der Waals surface area contributed by atoms with E-state index < -0.39 is 5.41 Å². The van der Waals surface area contributed by atoms with Crippen LogP contribution in [0.2, 0.25) is 0 Å². The van der Waals surface area contributed by atoms with Crippen LogP contribution in [0.25, 0.3) is 0 Å². The number of hydrogen-bond acceptors (Lipinski definition) is 2. The molecule has 2 N–H and O–H groups in total. The van der Waals surface area contributed by atoms with Crippen LogP contribution >= 0.6 is 0 Å². The summed E-state index contributed by atoms with van der Waals surface area (Å²) in [7, 11) is 0. The molecule has 4 heteroatoms. The number of carbonyl (C=O) groups excluding carboxylic acids is 1. The lowest BCUT2D eigenvalue weighted by atomic mass is 9.89. The van der Waals surface area contributed by atoms with E-state index in [1.165, 1.54) is 6.07 Å². The molecule has 1 saturated carbocycles. The van der Waals surface area contributed by atoms with Gasteiger partial charge in [0.2, 0.25) is 5.91 Å². The van der Waals surface area contributed by atoms with Gasteiger partial charge in [-0.2, -0.15) is 0 Å². The van der Waals surface area contributed by atoms with Crippen molar-refractivity contribution >= 4 is 5.91 Å². The number of nitrogens with zero attached hydrogens (tertiary/aromatic N) is 1. The van der Waals surface area contributed by atoms with E-state index in [0.717, 1.165) is 32.2 Å². The fourth-order valence-electron chi connectivity index (χ4n) is 3.50. The number of rotatable bonds is 3. The van der Waals surface area contributed by atoms with E-state index in [-0.39, 0.29) is 17.8 Å². The molecule has 21 heavy (non-hydrogen) atoms. The van der Waals surface area contributed by atoms with E-state index in [0.29, 0.717) is 18.0 Å². The summed E-state index contributed by atoms with van der Waals surface area (Å²) in [4.78, 5) is 14.8. The van der Waals surface area contributed by atoms with Gasteiger partial charge in [0.05, 0.1) is 5.41 Å². The lowest BCUT2D eigenvalue weighted by molar-refractivity contribution is -0.136. The van der Waals surface area contributed by atoms with Crippen LogP contribution in [0.3, 0.4) is 0 Å². The van der Waals surface area contributed by atoms with E-state index in [1.54, 1.807) is 12.1 Å². The van der Waals surface area contributed by atoms with Gasteiger partial charge in [-0.05, 0) is 44.6 Å². The first-order valence-electron chi connectivity index (χ1n) is 7.84. The lowest BCUT2D eigenvalue weighted by Crippen LogP contribution is -2.48. The van der Waals surface area contributed by atoms with Crippen molar-refractivity contribution in [2.24, 2.45) is 11.7 Å². The van der Waals surface area contributed by atoms with E-state index in [1.807, 2.05) is 17.9 Å². The van der Waals surface area contributed by atoms with Gasteiger partial charge >= 0.3 is 0 Å². The van der Waals surface area contributed by atoms with Crippen LogP contribution in [0, 0.1) is 11.7 Å². The maximum atomic E-state index is 14.1. The summed E-state index contributed by atoms with van der Waals surface area (Å²) in [6.07, 6.45) is 3.58. The fourth-order valence-corrected chi connectivity index (χ4v) is 3.50. The van der Waals surface area contributed by atoms with Crippen LogP contribution in [0.1, 0.15) is 38.2 Å². The van der Waals surface area contributed by atoms with Crippen molar-refractivity contribution in [3.63, 3.8) is 0 Å². The van der Waals surface area contributed by atoms with Gasteiger partial charge in [0.15, 0.2) is 0 Å². The molecule has 1 aliphatic heterocycles. The maximum absolute atomic E-state index is 14.1. The number of nitrogens with two attached hydrogens (primary N) is 1. The van der Waals surface area contributed by atoms with Gasteiger partial charge in [0.1, 0.15) is 5.82 Å². The molecule has 0 aromatic heterocycles. The van der Waals surface area contributed by atoms with Crippen molar-refractivity contribution in [2.45, 2.75) is 44.1 Å². The third kappa shape index (κ3) is 2.57. The largest absolute Gasteiger partial charge is 0.342 e. The molecule has 2 atom stereocenters. The van der Waals surface area contributed by atoms with Crippen LogP contribution in [0.5, 0.6) is 0 Å². The van der Waals surface area contributed by atoms with Crippen LogP contribution in [0.4, 0.5) is 4.39 Å². The Morgan fingerprint density at radius 3 is 2.76 bits per heavy atom. The van der Waals surface area contributed by atoms with Crippen LogP contribution in [-0.2, 0) is 10.2 Å². The zero-order chi connectivity index (χ0) is 15.0. The normalized spacial score (nSPS) is 25.5. The lowest BCUT2D eigenvalue weighted by Gasteiger charge is -2.36. The molecule has 1 saturated heterocycles. The van der Waals surface area contributed by atoms with Crippen LogP contribution in [-0.4, -0.2) is 29.9 Å². The predicted octanol–water partition coefficient (Wildman–Crippen LogP) is 2.44. The van der Waals surface area contributed by atoms with Crippen molar-refractivity contribution in [3.8, 4) is 0 Å². The molecule has 1 aromatic carbocycles. The highest BCUT2D eigenvalue weighted by molar-refractivity contribution is 5.91. The minimum absolute atomic E-state index is 0.0953. The first kappa shape index (κ1) is 14.5. The van der Waals surface area contributed by atoms with Gasteiger partial charge in [-0.3, -0.25) is 4.79 Å². The van der Waals surface area contributed by atoms with E-state index >= 15 is 0 Å². The van der Waals surface area contributed by atoms with Crippen LogP contribution < -0.4 is 5.73 Å². The Balaban J connectivity index is 1.80. The Morgan fingerprint density at radius 1 is 1.43 bits per heavy atom. The molecule has 3 nitrogen and oxygen atoms in total. The zero-order valence-corrected chi connectivity index (χ0v) is 12.5. The van der Waals surface area contributed by atoms with Gasteiger partial charge < -0.3 is 10.6 Å². The van der Waals surface area contributed by atoms with Crippen molar-refractivity contribution in [2.75, 3.05) is 13.1 Å². The first-order valence-corrected chi connectivity index (χ1v) is 7.84. The molecule has 114 valence electrons. The molecule has 1 aliphatic carbocycles. The highest BCUT2D eigenvalue weighted by Gasteiger charge is 2.54. The molecular formula is C17H23FN2O.